The number of rotatable bonds is 5. The Labute approximate surface area is 118 Å². The summed E-state index contributed by atoms with van der Waals surface area (Å²) in [5.41, 5.74) is 5.18. The first-order valence-electron chi connectivity index (χ1n) is 5.14. The van der Waals surface area contributed by atoms with Gasteiger partial charge in [-0.3, -0.25) is 4.79 Å². The maximum absolute atomic E-state index is 10.9. The van der Waals surface area contributed by atoms with E-state index in [0.717, 1.165) is 5.56 Å². The van der Waals surface area contributed by atoms with Crippen molar-refractivity contribution < 1.29 is 24.9 Å². The number of hydrogen-bond acceptors (Lipinski definition) is 4. The smallest absolute Gasteiger partial charge is 0.323 e. The molecule has 6 nitrogen and oxygen atoms in total. The standard InChI is InChI=1S/C12H17NO4.ClH.H2O/c1-12(13,11(14)15)7-8-4-5-9(16-2)10(6-8)17-3;;/h4-6H,7,13H2,1-3H3,(H,14,15);1H;1H2/t12-;;/m0../s1. The SMILES string of the molecule is COc1ccc(C[C@](C)(N)C(=O)O)cc1OC.Cl.O. The van der Waals surface area contributed by atoms with Crippen molar-refractivity contribution in [2.75, 3.05) is 14.2 Å². The molecule has 0 bridgehead atoms. The molecule has 1 aromatic rings. The highest BCUT2D eigenvalue weighted by atomic mass is 35.5. The molecule has 0 aliphatic heterocycles. The van der Waals surface area contributed by atoms with Gasteiger partial charge in [0.1, 0.15) is 5.54 Å². The van der Waals surface area contributed by atoms with Crippen LogP contribution in [0, 0.1) is 0 Å². The summed E-state index contributed by atoms with van der Waals surface area (Å²) in [6.07, 6.45) is 0.225. The second-order valence-corrected chi connectivity index (χ2v) is 4.09. The van der Waals surface area contributed by atoms with Gasteiger partial charge in [0.25, 0.3) is 0 Å². The van der Waals surface area contributed by atoms with E-state index in [1.165, 1.54) is 14.0 Å². The molecule has 0 saturated heterocycles. The molecular formula is C12H20ClNO5. The summed E-state index contributed by atoms with van der Waals surface area (Å²) in [4.78, 5) is 10.9. The zero-order valence-electron chi connectivity index (χ0n) is 11.1. The summed E-state index contributed by atoms with van der Waals surface area (Å²) in [7, 11) is 3.07. The Bertz CT molecular complexity index is 423. The molecule has 0 saturated carbocycles. The summed E-state index contributed by atoms with van der Waals surface area (Å²) in [6.45, 7) is 1.48. The number of carboxylic acid groups (broad SMARTS) is 1. The highest BCUT2D eigenvalue weighted by molar-refractivity contribution is 5.85. The van der Waals surface area contributed by atoms with E-state index < -0.39 is 11.5 Å². The number of nitrogens with two attached hydrogens (primary N) is 1. The summed E-state index contributed by atoms with van der Waals surface area (Å²) in [5.74, 6) is 0.128. The molecule has 0 spiro atoms. The topological polar surface area (TPSA) is 113 Å². The van der Waals surface area contributed by atoms with Crippen molar-refractivity contribution in [2.45, 2.75) is 18.9 Å². The Hall–Kier alpha value is -1.50. The van der Waals surface area contributed by atoms with Gasteiger partial charge >= 0.3 is 5.97 Å². The lowest BCUT2D eigenvalue weighted by Crippen LogP contribution is -2.46. The monoisotopic (exact) mass is 293 g/mol. The van der Waals surface area contributed by atoms with Crippen LogP contribution < -0.4 is 15.2 Å². The first-order valence-corrected chi connectivity index (χ1v) is 5.14. The highest BCUT2D eigenvalue weighted by Gasteiger charge is 2.28. The van der Waals surface area contributed by atoms with E-state index in [-0.39, 0.29) is 24.3 Å². The summed E-state index contributed by atoms with van der Waals surface area (Å²) < 4.78 is 10.2. The van der Waals surface area contributed by atoms with E-state index in [0.29, 0.717) is 11.5 Å². The van der Waals surface area contributed by atoms with Gasteiger partial charge in [0.2, 0.25) is 0 Å². The minimum Gasteiger partial charge on any atom is -0.493 e. The van der Waals surface area contributed by atoms with Crippen LogP contribution >= 0.6 is 12.4 Å². The van der Waals surface area contributed by atoms with Crippen LogP contribution in [0.25, 0.3) is 0 Å². The van der Waals surface area contributed by atoms with Crippen molar-refractivity contribution in [3.8, 4) is 11.5 Å². The van der Waals surface area contributed by atoms with E-state index in [1.807, 2.05) is 0 Å². The number of hydrogen-bond donors (Lipinski definition) is 2. The quantitative estimate of drug-likeness (QED) is 0.827. The third kappa shape index (κ3) is 4.94. The van der Waals surface area contributed by atoms with E-state index in [2.05, 4.69) is 0 Å². The van der Waals surface area contributed by atoms with Crippen LogP contribution in [0.2, 0.25) is 0 Å². The maximum Gasteiger partial charge on any atom is 0.323 e. The van der Waals surface area contributed by atoms with Crippen LogP contribution in [0.4, 0.5) is 0 Å². The molecule has 0 aromatic heterocycles. The molecule has 1 aromatic carbocycles. The number of carbonyl (C=O) groups is 1. The lowest BCUT2D eigenvalue weighted by atomic mass is 9.94. The molecule has 110 valence electrons. The van der Waals surface area contributed by atoms with Crippen molar-refractivity contribution >= 4 is 18.4 Å². The van der Waals surface area contributed by atoms with Crippen LogP contribution in [0.1, 0.15) is 12.5 Å². The molecule has 1 rings (SSSR count). The van der Waals surface area contributed by atoms with E-state index in [9.17, 15) is 4.79 Å². The van der Waals surface area contributed by atoms with E-state index in [4.69, 9.17) is 20.3 Å². The average molecular weight is 294 g/mol. The molecule has 0 aliphatic rings. The maximum atomic E-state index is 10.9. The van der Waals surface area contributed by atoms with Crippen LogP contribution in [0.15, 0.2) is 18.2 Å². The van der Waals surface area contributed by atoms with Gasteiger partial charge in [-0.25, -0.2) is 0 Å². The van der Waals surface area contributed by atoms with Gasteiger partial charge in [-0.1, -0.05) is 6.07 Å². The zero-order valence-corrected chi connectivity index (χ0v) is 11.9. The van der Waals surface area contributed by atoms with Crippen LogP contribution in [-0.2, 0) is 11.2 Å². The fourth-order valence-electron chi connectivity index (χ4n) is 1.49. The molecule has 7 heteroatoms. The molecule has 19 heavy (non-hydrogen) atoms. The fraction of sp³-hybridized carbons (Fsp3) is 0.417. The van der Waals surface area contributed by atoms with Crippen LogP contribution in [0.5, 0.6) is 11.5 Å². The lowest BCUT2D eigenvalue weighted by Gasteiger charge is -2.19. The summed E-state index contributed by atoms with van der Waals surface area (Å²) >= 11 is 0. The largest absolute Gasteiger partial charge is 0.493 e. The van der Waals surface area contributed by atoms with Crippen molar-refractivity contribution in [3.63, 3.8) is 0 Å². The molecule has 5 N–H and O–H groups in total. The van der Waals surface area contributed by atoms with Gasteiger partial charge in [-0.2, -0.15) is 0 Å². The first-order chi connectivity index (χ1) is 7.90. The minimum absolute atomic E-state index is 0. The van der Waals surface area contributed by atoms with E-state index in [1.54, 1.807) is 25.3 Å². The molecule has 0 heterocycles. The number of benzene rings is 1. The number of methoxy groups -OCH3 is 2. The normalized spacial score (nSPS) is 12.4. The summed E-state index contributed by atoms with van der Waals surface area (Å²) in [5, 5.41) is 8.95. The molecule has 0 fully saturated rings. The van der Waals surface area contributed by atoms with Gasteiger partial charge in [0.15, 0.2) is 11.5 Å². The van der Waals surface area contributed by atoms with Crippen molar-refractivity contribution in [3.05, 3.63) is 23.8 Å². The molecule has 0 unspecified atom stereocenters. The highest BCUT2D eigenvalue weighted by Crippen LogP contribution is 2.28. The van der Waals surface area contributed by atoms with Gasteiger partial charge < -0.3 is 25.8 Å². The third-order valence-electron chi connectivity index (χ3n) is 2.51. The Morgan fingerprint density at radius 2 is 1.84 bits per heavy atom. The van der Waals surface area contributed by atoms with Crippen LogP contribution in [-0.4, -0.2) is 36.3 Å². The molecule has 0 radical (unpaired) electrons. The molecule has 1 atom stereocenters. The van der Waals surface area contributed by atoms with Crippen molar-refractivity contribution in [1.29, 1.82) is 0 Å². The Morgan fingerprint density at radius 3 is 2.26 bits per heavy atom. The van der Waals surface area contributed by atoms with Gasteiger partial charge in [-0.05, 0) is 24.6 Å². The first kappa shape index (κ1) is 19.8. The fourth-order valence-corrected chi connectivity index (χ4v) is 1.49. The third-order valence-corrected chi connectivity index (χ3v) is 2.51. The second kappa shape index (κ2) is 7.83. The van der Waals surface area contributed by atoms with E-state index >= 15 is 0 Å². The predicted molar refractivity (Wildman–Crippen MR) is 74.3 cm³/mol. The lowest BCUT2D eigenvalue weighted by molar-refractivity contribution is -0.142. The Balaban J connectivity index is 0. The number of carboxylic acids is 1. The van der Waals surface area contributed by atoms with Crippen molar-refractivity contribution in [2.24, 2.45) is 5.73 Å². The Kier molecular flexibility index (Phi) is 8.17. The van der Waals surface area contributed by atoms with Crippen molar-refractivity contribution in [1.82, 2.24) is 0 Å². The molecular weight excluding hydrogens is 274 g/mol. The van der Waals surface area contributed by atoms with Gasteiger partial charge in [0.05, 0.1) is 14.2 Å². The predicted octanol–water partition coefficient (Wildman–Crippen LogP) is 0.645. The number of ether oxygens (including phenoxy) is 2. The van der Waals surface area contributed by atoms with Crippen LogP contribution in [0.3, 0.4) is 0 Å². The minimum atomic E-state index is -1.29. The number of halogens is 1. The average Bonchev–Trinajstić information content (AvgIpc) is 2.28. The summed E-state index contributed by atoms with van der Waals surface area (Å²) in [6, 6.07) is 5.23. The second-order valence-electron chi connectivity index (χ2n) is 4.09. The van der Waals surface area contributed by atoms with Gasteiger partial charge in [-0.15, -0.1) is 12.4 Å². The molecule has 0 amide bonds. The van der Waals surface area contributed by atoms with Gasteiger partial charge in [0, 0.05) is 6.42 Å². The number of aliphatic carboxylic acids is 1. The Morgan fingerprint density at radius 1 is 1.32 bits per heavy atom. The molecule has 0 aliphatic carbocycles. The zero-order chi connectivity index (χ0) is 13.1.